The summed E-state index contributed by atoms with van der Waals surface area (Å²) in [7, 11) is 1.91. The molecule has 1 nitrogen and oxygen atoms in total. The van der Waals surface area contributed by atoms with E-state index in [9.17, 15) is 0 Å². The fourth-order valence-corrected chi connectivity index (χ4v) is 0.421. The second-order valence-electron chi connectivity index (χ2n) is 1.94. The molecule has 2 N–H and O–H groups in total. The lowest BCUT2D eigenvalue weighted by Crippen LogP contribution is -1.97. The molecule has 0 aliphatic rings. The van der Waals surface area contributed by atoms with Crippen LogP contribution in [0.1, 0.15) is 0 Å². The van der Waals surface area contributed by atoms with E-state index in [0.717, 1.165) is 11.2 Å². The van der Waals surface area contributed by atoms with Gasteiger partial charge < -0.3 is 5.73 Å². The first-order valence-electron chi connectivity index (χ1n) is 3.10. The highest BCUT2D eigenvalue weighted by Gasteiger charge is 1.84. The Hall–Kier alpha value is -1.18. The van der Waals surface area contributed by atoms with Crippen molar-refractivity contribution < 1.29 is 0 Å². The van der Waals surface area contributed by atoms with E-state index in [1.54, 1.807) is 24.3 Å². The van der Waals surface area contributed by atoms with Crippen molar-refractivity contribution in [2.45, 2.75) is 0 Å². The van der Waals surface area contributed by atoms with Gasteiger partial charge in [-0.15, -0.1) is 0 Å². The molecule has 0 aliphatic heterocycles. The number of hydrogen-bond acceptors (Lipinski definition) is 1. The highest BCUT2D eigenvalue weighted by molar-refractivity contribution is 6.23. The summed E-state index contributed by atoms with van der Waals surface area (Å²) >= 11 is 0. The van der Waals surface area contributed by atoms with Crippen LogP contribution in [0, 0.1) is 0 Å². The van der Waals surface area contributed by atoms with Crippen LogP contribution in [-0.4, -0.2) is 7.85 Å². The van der Waals surface area contributed by atoms with Crippen molar-refractivity contribution in [3.63, 3.8) is 0 Å². The fourth-order valence-electron chi connectivity index (χ4n) is 0.421. The lowest BCUT2D eigenvalue weighted by Gasteiger charge is -1.94. The third-order valence-electron chi connectivity index (χ3n) is 1.17. The number of hydrogen-bond donors (Lipinski definition) is 1. The van der Waals surface area contributed by atoms with Crippen LogP contribution in [0.25, 0.3) is 0 Å². The normalized spacial score (nSPS) is 12.8. The topological polar surface area (TPSA) is 26.0 Å². The van der Waals surface area contributed by atoms with Crippen LogP contribution < -0.4 is 5.73 Å². The Bertz CT molecular complexity index is 189. The summed E-state index contributed by atoms with van der Waals surface area (Å²) in [4.78, 5) is 0. The predicted octanol–water partition coefficient (Wildman–Crippen LogP) is 0.718. The summed E-state index contributed by atoms with van der Waals surface area (Å²) in [5, 5.41) is 0. The first kappa shape index (κ1) is 8.82. The molecule has 0 saturated carbocycles. The van der Waals surface area contributed by atoms with Gasteiger partial charge in [0.25, 0.3) is 0 Å². The van der Waals surface area contributed by atoms with Crippen LogP contribution in [0.15, 0.2) is 48.6 Å². The van der Waals surface area contributed by atoms with Crippen molar-refractivity contribution in [2.75, 3.05) is 0 Å². The zero-order chi connectivity index (χ0) is 7.98. The molecule has 0 amide bonds. The van der Waals surface area contributed by atoms with Gasteiger partial charge in [0.1, 0.15) is 7.85 Å². The van der Waals surface area contributed by atoms with Crippen molar-refractivity contribution in [3.05, 3.63) is 48.6 Å². The zero-order valence-electron chi connectivity index (χ0n) is 6.30. The minimum atomic E-state index is 0.731. The van der Waals surface area contributed by atoms with Gasteiger partial charge in [0, 0.05) is 5.70 Å². The quantitative estimate of drug-likeness (QED) is 0.445. The number of allylic oxidation sites excluding steroid dienone is 5. The van der Waals surface area contributed by atoms with Crippen LogP contribution in [0.3, 0.4) is 0 Å². The second-order valence-corrected chi connectivity index (χ2v) is 1.94. The van der Waals surface area contributed by atoms with Crippen molar-refractivity contribution in [1.29, 1.82) is 0 Å². The summed E-state index contributed by atoms with van der Waals surface area (Å²) in [5.74, 6) is 0. The van der Waals surface area contributed by atoms with E-state index in [4.69, 9.17) is 5.73 Å². The van der Waals surface area contributed by atoms with Crippen LogP contribution in [0.5, 0.6) is 0 Å². The maximum Gasteiger partial charge on any atom is 0.141 e. The maximum atomic E-state index is 5.59. The lowest BCUT2D eigenvalue weighted by molar-refractivity contribution is 1.41. The Balaban J connectivity index is 4.31. The maximum absolute atomic E-state index is 5.59. The van der Waals surface area contributed by atoms with E-state index < -0.39 is 0 Å². The molecule has 0 heterocycles. The minimum absolute atomic E-state index is 0.731. The van der Waals surface area contributed by atoms with Crippen molar-refractivity contribution in [2.24, 2.45) is 5.73 Å². The standard InChI is InChI=1S/C8H12BN/c1-3-5-6-8(10)7(9)4-2/h3-6H,1-2,9-10H2/b6-5-,8-7-. The van der Waals surface area contributed by atoms with Gasteiger partial charge in [-0.25, -0.2) is 0 Å². The molecular weight excluding hydrogens is 121 g/mol. The summed E-state index contributed by atoms with van der Waals surface area (Å²) < 4.78 is 0. The van der Waals surface area contributed by atoms with E-state index in [0.29, 0.717) is 0 Å². The predicted molar refractivity (Wildman–Crippen MR) is 49.3 cm³/mol. The Morgan fingerprint density at radius 2 is 2.00 bits per heavy atom. The largest absolute Gasteiger partial charge is 0.399 e. The Kier molecular flexibility index (Phi) is 4.13. The molecular formula is C8H12BN. The average Bonchev–Trinajstić information content (AvgIpc) is 1.98. The van der Waals surface area contributed by atoms with Crippen molar-refractivity contribution in [3.8, 4) is 0 Å². The van der Waals surface area contributed by atoms with Crippen LogP contribution in [0.2, 0.25) is 0 Å². The van der Waals surface area contributed by atoms with Gasteiger partial charge in [0.05, 0.1) is 0 Å². The summed E-state index contributed by atoms with van der Waals surface area (Å²) in [6, 6.07) is 0. The van der Waals surface area contributed by atoms with Gasteiger partial charge in [-0.05, 0) is 6.08 Å². The molecule has 0 aromatic heterocycles. The van der Waals surface area contributed by atoms with Gasteiger partial charge in [0.2, 0.25) is 0 Å². The smallest absolute Gasteiger partial charge is 0.141 e. The monoisotopic (exact) mass is 133 g/mol. The van der Waals surface area contributed by atoms with Gasteiger partial charge >= 0.3 is 0 Å². The van der Waals surface area contributed by atoms with E-state index in [1.807, 2.05) is 7.85 Å². The number of rotatable bonds is 3. The van der Waals surface area contributed by atoms with Crippen molar-refractivity contribution in [1.82, 2.24) is 0 Å². The SMILES string of the molecule is B/C(C=C)=C(N)/C=C\C=C. The van der Waals surface area contributed by atoms with Crippen LogP contribution >= 0.6 is 0 Å². The molecule has 0 aliphatic carbocycles. The van der Waals surface area contributed by atoms with E-state index >= 15 is 0 Å². The Morgan fingerprint density at radius 1 is 1.40 bits per heavy atom. The molecule has 52 valence electrons. The lowest BCUT2D eigenvalue weighted by atomic mass is 9.93. The summed E-state index contributed by atoms with van der Waals surface area (Å²) in [6.07, 6.45) is 7.00. The molecule has 0 aromatic carbocycles. The highest BCUT2D eigenvalue weighted by Crippen LogP contribution is 1.95. The van der Waals surface area contributed by atoms with Gasteiger partial charge in [-0.1, -0.05) is 36.9 Å². The van der Waals surface area contributed by atoms with Gasteiger partial charge in [-0.3, -0.25) is 0 Å². The van der Waals surface area contributed by atoms with E-state index in [2.05, 4.69) is 13.2 Å². The number of nitrogens with two attached hydrogens (primary N) is 1. The minimum Gasteiger partial charge on any atom is -0.399 e. The van der Waals surface area contributed by atoms with Gasteiger partial charge in [0.15, 0.2) is 0 Å². The molecule has 10 heavy (non-hydrogen) atoms. The second kappa shape index (κ2) is 4.68. The molecule has 0 unspecified atom stereocenters. The molecule has 0 fully saturated rings. The molecule has 0 saturated heterocycles. The molecule has 0 bridgehead atoms. The molecule has 0 aromatic rings. The molecule has 0 spiro atoms. The van der Waals surface area contributed by atoms with Gasteiger partial charge in [-0.2, -0.15) is 0 Å². The summed E-state index contributed by atoms with van der Waals surface area (Å²) in [6.45, 7) is 7.12. The third-order valence-corrected chi connectivity index (χ3v) is 1.17. The first-order chi connectivity index (χ1) is 4.72. The zero-order valence-corrected chi connectivity index (χ0v) is 6.30. The fraction of sp³-hybridized carbons (Fsp3) is 0. The van der Waals surface area contributed by atoms with Crippen LogP contribution in [0.4, 0.5) is 0 Å². The highest BCUT2D eigenvalue weighted by atomic mass is 14.6. The first-order valence-corrected chi connectivity index (χ1v) is 3.10. The van der Waals surface area contributed by atoms with E-state index in [1.165, 1.54) is 0 Å². The third kappa shape index (κ3) is 2.97. The molecule has 2 heteroatoms. The Labute approximate surface area is 63.0 Å². The molecule has 0 radical (unpaired) electrons. The average molecular weight is 133 g/mol. The van der Waals surface area contributed by atoms with Crippen molar-refractivity contribution >= 4 is 7.85 Å². The Morgan fingerprint density at radius 3 is 2.40 bits per heavy atom. The molecule has 0 atom stereocenters. The summed E-state index contributed by atoms with van der Waals surface area (Å²) in [5.41, 5.74) is 7.30. The molecule has 0 rings (SSSR count). The van der Waals surface area contributed by atoms with Crippen LogP contribution in [-0.2, 0) is 0 Å². The van der Waals surface area contributed by atoms with E-state index in [-0.39, 0.29) is 0 Å².